The van der Waals surface area contributed by atoms with Crippen molar-refractivity contribution in [2.45, 2.75) is 23.9 Å². The number of ketones is 1. The normalized spacial score (nSPS) is 13.9. The maximum absolute atomic E-state index is 13.3. The topological polar surface area (TPSA) is 17.1 Å². The highest BCUT2D eigenvalue weighted by atomic mass is 19.4. The number of rotatable bonds is 4. The van der Waals surface area contributed by atoms with Gasteiger partial charge in [0, 0.05) is 0 Å². The fraction of sp³-hybridized carbons (Fsp3) is 0.364. The van der Waals surface area contributed by atoms with E-state index in [1.54, 1.807) is 0 Å². The summed E-state index contributed by atoms with van der Waals surface area (Å²) >= 11 is 0. The molecule has 0 aromatic heterocycles. The van der Waals surface area contributed by atoms with Crippen molar-refractivity contribution in [3.8, 4) is 0 Å². The van der Waals surface area contributed by atoms with Gasteiger partial charge in [0.1, 0.15) is 5.56 Å². The predicted octanol–water partition coefficient (Wildman–Crippen LogP) is 5.03. The third-order valence-electron chi connectivity index (χ3n) is 2.87. The minimum Gasteiger partial charge on any atom is -0.287 e. The second kappa shape index (κ2) is 5.97. The van der Waals surface area contributed by atoms with E-state index in [-0.39, 0.29) is 0 Å². The molecule has 0 fully saturated rings. The lowest BCUT2D eigenvalue weighted by molar-refractivity contribution is -0.386. The molecule has 0 aliphatic carbocycles. The van der Waals surface area contributed by atoms with E-state index in [1.807, 2.05) is 0 Å². The molecule has 26 heavy (non-hydrogen) atoms. The molecular formula is C11F14O. The third-order valence-corrected chi connectivity index (χ3v) is 2.87. The minimum atomic E-state index is -7.64. The van der Waals surface area contributed by atoms with E-state index < -0.39 is 64.4 Å². The first-order valence-electron chi connectivity index (χ1n) is 5.60. The summed E-state index contributed by atoms with van der Waals surface area (Å²) in [4.78, 5) is 11.1. The van der Waals surface area contributed by atoms with Gasteiger partial charge in [-0.3, -0.25) is 4.79 Å². The van der Waals surface area contributed by atoms with Crippen molar-refractivity contribution in [2.24, 2.45) is 0 Å². The van der Waals surface area contributed by atoms with Crippen LogP contribution in [0.4, 0.5) is 61.5 Å². The molecule has 0 N–H and O–H groups in total. The minimum absolute atomic E-state index is 3.03. The summed E-state index contributed by atoms with van der Waals surface area (Å²) < 4.78 is 178. The van der Waals surface area contributed by atoms with Crippen LogP contribution >= 0.6 is 0 Å². The summed E-state index contributed by atoms with van der Waals surface area (Å²) in [7, 11) is 0. The first kappa shape index (κ1) is 22.0. The number of benzene rings is 1. The van der Waals surface area contributed by atoms with Crippen LogP contribution in [0.5, 0.6) is 0 Å². The molecule has 1 nitrogen and oxygen atoms in total. The van der Waals surface area contributed by atoms with Crippen molar-refractivity contribution in [1.29, 1.82) is 0 Å². The average molecular weight is 414 g/mol. The molecule has 0 atom stereocenters. The molecule has 0 saturated carbocycles. The van der Waals surface area contributed by atoms with Crippen molar-refractivity contribution in [2.75, 3.05) is 0 Å². The molecule has 1 aromatic carbocycles. The predicted molar refractivity (Wildman–Crippen MR) is 51.5 cm³/mol. The summed E-state index contributed by atoms with van der Waals surface area (Å²) in [6, 6.07) is 0. The standard InChI is InChI=1S/C11F14O/c12-2-1(3(13)5(15)6(16)4(2)14)7(26)8(17,18)9(19,20)10(21,22)11(23,24)25. The van der Waals surface area contributed by atoms with Crippen LogP contribution in [0.2, 0.25) is 0 Å². The monoisotopic (exact) mass is 414 g/mol. The SMILES string of the molecule is O=C(c1c(F)c(F)c(F)c(F)c1F)C(F)(F)C(F)(F)C(F)(F)C(F)(F)F. The molecule has 0 saturated heterocycles. The summed E-state index contributed by atoms with van der Waals surface area (Å²) in [5, 5.41) is 0. The Balaban J connectivity index is 3.69. The van der Waals surface area contributed by atoms with Crippen LogP contribution in [0, 0.1) is 29.1 Å². The van der Waals surface area contributed by atoms with E-state index in [0.717, 1.165) is 0 Å². The number of halogens is 14. The highest BCUT2D eigenvalue weighted by Crippen LogP contribution is 2.54. The largest absolute Gasteiger partial charge is 0.460 e. The van der Waals surface area contributed by atoms with Crippen LogP contribution in [-0.4, -0.2) is 29.7 Å². The first-order chi connectivity index (χ1) is 11.3. The van der Waals surface area contributed by atoms with E-state index in [9.17, 15) is 66.3 Å². The molecular weight excluding hydrogens is 414 g/mol. The Bertz CT molecular complexity index is 717. The maximum Gasteiger partial charge on any atom is 0.460 e. The quantitative estimate of drug-likeness (QED) is 0.292. The lowest BCUT2D eigenvalue weighted by Crippen LogP contribution is -2.63. The van der Waals surface area contributed by atoms with Crippen LogP contribution in [0.15, 0.2) is 0 Å². The molecule has 0 bridgehead atoms. The third kappa shape index (κ3) is 2.76. The van der Waals surface area contributed by atoms with Gasteiger partial charge in [0.2, 0.25) is 11.6 Å². The number of hydrogen-bond acceptors (Lipinski definition) is 1. The molecule has 0 unspecified atom stereocenters. The van der Waals surface area contributed by atoms with Gasteiger partial charge in [-0.2, -0.15) is 39.5 Å². The Kier molecular flexibility index (Phi) is 5.04. The van der Waals surface area contributed by atoms with Crippen molar-refractivity contribution in [1.82, 2.24) is 0 Å². The number of hydrogen-bond donors (Lipinski definition) is 0. The van der Waals surface area contributed by atoms with Crippen LogP contribution in [0.1, 0.15) is 10.4 Å². The second-order valence-corrected chi connectivity index (χ2v) is 4.49. The Morgan fingerprint density at radius 3 is 1.15 bits per heavy atom. The Morgan fingerprint density at radius 2 is 0.846 bits per heavy atom. The van der Waals surface area contributed by atoms with Gasteiger partial charge in [-0.25, -0.2) is 22.0 Å². The lowest BCUT2D eigenvalue weighted by atomic mass is 9.94. The van der Waals surface area contributed by atoms with Gasteiger partial charge in [0.25, 0.3) is 0 Å². The van der Waals surface area contributed by atoms with Crippen molar-refractivity contribution >= 4 is 5.78 Å². The second-order valence-electron chi connectivity index (χ2n) is 4.49. The number of alkyl halides is 9. The van der Waals surface area contributed by atoms with Gasteiger partial charge >= 0.3 is 23.9 Å². The highest BCUT2D eigenvalue weighted by Gasteiger charge is 2.83. The Morgan fingerprint density at radius 1 is 0.538 bits per heavy atom. The van der Waals surface area contributed by atoms with Crippen LogP contribution in [-0.2, 0) is 0 Å². The Labute approximate surface area is 132 Å². The zero-order valence-corrected chi connectivity index (χ0v) is 11.2. The molecule has 148 valence electrons. The van der Waals surface area contributed by atoms with E-state index in [4.69, 9.17) is 0 Å². The van der Waals surface area contributed by atoms with Gasteiger partial charge in [-0.15, -0.1) is 0 Å². The summed E-state index contributed by atoms with van der Waals surface area (Å²) in [6.45, 7) is 0. The fourth-order valence-electron chi connectivity index (χ4n) is 1.48. The summed E-state index contributed by atoms with van der Waals surface area (Å²) in [5.41, 5.74) is -3.32. The van der Waals surface area contributed by atoms with Crippen LogP contribution in [0.3, 0.4) is 0 Å². The zero-order chi connectivity index (χ0) is 21.0. The van der Waals surface area contributed by atoms with Crippen molar-refractivity contribution in [3.05, 3.63) is 34.6 Å². The smallest absolute Gasteiger partial charge is 0.287 e. The average Bonchev–Trinajstić information content (AvgIpc) is 2.49. The molecule has 0 spiro atoms. The van der Waals surface area contributed by atoms with Crippen LogP contribution < -0.4 is 0 Å². The van der Waals surface area contributed by atoms with Gasteiger partial charge in [-0.1, -0.05) is 0 Å². The highest BCUT2D eigenvalue weighted by molar-refractivity contribution is 6.02. The van der Waals surface area contributed by atoms with E-state index in [2.05, 4.69) is 0 Å². The van der Waals surface area contributed by atoms with Crippen molar-refractivity contribution in [3.63, 3.8) is 0 Å². The zero-order valence-electron chi connectivity index (χ0n) is 11.2. The molecule has 0 amide bonds. The van der Waals surface area contributed by atoms with E-state index >= 15 is 0 Å². The molecule has 0 heterocycles. The first-order valence-corrected chi connectivity index (χ1v) is 5.60. The molecule has 1 rings (SSSR count). The molecule has 0 radical (unpaired) electrons. The van der Waals surface area contributed by atoms with E-state index in [1.165, 1.54) is 0 Å². The molecule has 0 aliphatic heterocycles. The Hall–Kier alpha value is -2.09. The summed E-state index contributed by atoms with van der Waals surface area (Å²) in [5.74, 6) is -42.8. The van der Waals surface area contributed by atoms with Crippen molar-refractivity contribution < 1.29 is 66.3 Å². The fourth-order valence-corrected chi connectivity index (χ4v) is 1.48. The number of carbonyl (C=O) groups excluding carboxylic acids is 1. The van der Waals surface area contributed by atoms with Gasteiger partial charge < -0.3 is 0 Å². The molecule has 0 aliphatic rings. The maximum atomic E-state index is 13.3. The van der Waals surface area contributed by atoms with Gasteiger partial charge in [0.15, 0.2) is 23.3 Å². The summed E-state index contributed by atoms with van der Waals surface area (Å²) in [6.07, 6.45) is -7.36. The molecule has 15 heteroatoms. The van der Waals surface area contributed by atoms with Gasteiger partial charge in [-0.05, 0) is 0 Å². The molecule has 1 aromatic rings. The number of carbonyl (C=O) groups is 1. The number of Topliss-reactive ketones (excluding diaryl/α,β-unsaturated/α-hetero) is 1. The van der Waals surface area contributed by atoms with Crippen LogP contribution in [0.25, 0.3) is 0 Å². The lowest BCUT2D eigenvalue weighted by Gasteiger charge is -2.32. The van der Waals surface area contributed by atoms with E-state index in [0.29, 0.717) is 0 Å². The van der Waals surface area contributed by atoms with Gasteiger partial charge in [0.05, 0.1) is 0 Å².